The third kappa shape index (κ3) is 4.70. The molecule has 1 N–H and O–H groups in total. The second-order valence-corrected chi connectivity index (χ2v) is 8.16. The predicted molar refractivity (Wildman–Crippen MR) is 121 cm³/mol. The smallest absolute Gasteiger partial charge is 0.259 e. The van der Waals surface area contributed by atoms with E-state index in [1.165, 1.54) is 10.7 Å². The number of benzene rings is 2. The summed E-state index contributed by atoms with van der Waals surface area (Å²) in [7, 11) is 0. The van der Waals surface area contributed by atoms with Gasteiger partial charge in [0.25, 0.3) is 5.91 Å². The van der Waals surface area contributed by atoms with Gasteiger partial charge in [0.15, 0.2) is 5.82 Å². The van der Waals surface area contributed by atoms with Crippen molar-refractivity contribution < 1.29 is 13.6 Å². The summed E-state index contributed by atoms with van der Waals surface area (Å²) in [6.07, 6.45) is 1.75. The Labute approximate surface area is 188 Å². The molecule has 2 aromatic heterocycles. The van der Waals surface area contributed by atoms with E-state index in [1.54, 1.807) is 31.8 Å². The van der Waals surface area contributed by atoms with E-state index in [2.05, 4.69) is 15.4 Å². The third-order valence-corrected chi connectivity index (χ3v) is 5.88. The Morgan fingerprint density at radius 2 is 1.91 bits per heavy atom. The van der Waals surface area contributed by atoms with Gasteiger partial charge in [0.2, 0.25) is 0 Å². The molecule has 4 aromatic rings. The minimum Gasteiger partial charge on any atom is -0.322 e. The van der Waals surface area contributed by atoms with Gasteiger partial charge in [-0.15, -0.1) is 11.8 Å². The number of thioether (sulfide) groups is 1. The summed E-state index contributed by atoms with van der Waals surface area (Å²) >= 11 is 1.61. The van der Waals surface area contributed by atoms with Gasteiger partial charge < -0.3 is 5.32 Å². The molecule has 0 radical (unpaired) electrons. The van der Waals surface area contributed by atoms with Crippen LogP contribution in [0.15, 0.2) is 71.9 Å². The molecule has 2 heterocycles. The van der Waals surface area contributed by atoms with Gasteiger partial charge in [0.1, 0.15) is 11.5 Å². The fraction of sp³-hybridized carbons (Fsp3) is 0.125. The van der Waals surface area contributed by atoms with E-state index < -0.39 is 11.6 Å². The molecule has 0 atom stereocenters. The minimum absolute atomic E-state index is 0.0830. The first-order valence-electron chi connectivity index (χ1n) is 9.88. The first-order valence-corrected chi connectivity index (χ1v) is 10.9. The van der Waals surface area contributed by atoms with Crippen LogP contribution in [0.5, 0.6) is 0 Å². The average molecular weight is 451 g/mol. The molecule has 0 aliphatic carbocycles. The molecule has 1 amide bonds. The quantitative estimate of drug-likeness (QED) is 0.383. The number of carbonyl (C=O) groups is 1. The lowest BCUT2D eigenvalue weighted by Crippen LogP contribution is -2.14. The Hall–Kier alpha value is -3.52. The van der Waals surface area contributed by atoms with E-state index in [0.29, 0.717) is 28.4 Å². The highest BCUT2D eigenvalue weighted by atomic mass is 32.2. The van der Waals surface area contributed by atoms with Crippen molar-refractivity contribution in [3.05, 3.63) is 101 Å². The van der Waals surface area contributed by atoms with E-state index in [-0.39, 0.29) is 11.6 Å². The van der Waals surface area contributed by atoms with Crippen molar-refractivity contribution in [3.8, 4) is 5.69 Å². The summed E-state index contributed by atoms with van der Waals surface area (Å²) in [5.41, 5.74) is 3.03. The summed E-state index contributed by atoms with van der Waals surface area (Å²) in [5.74, 6) is -1.06. The third-order valence-electron chi connectivity index (χ3n) is 4.87. The molecule has 0 bridgehead atoms. The molecule has 0 aliphatic heterocycles. The number of rotatable bonds is 6. The van der Waals surface area contributed by atoms with Crippen LogP contribution in [0.4, 0.5) is 14.5 Å². The summed E-state index contributed by atoms with van der Waals surface area (Å²) < 4.78 is 28.8. The molecule has 0 spiro atoms. The summed E-state index contributed by atoms with van der Waals surface area (Å²) in [6, 6.07) is 16.6. The van der Waals surface area contributed by atoms with Gasteiger partial charge in [-0.1, -0.05) is 18.2 Å². The Bertz CT molecular complexity index is 1270. The molecule has 32 heavy (non-hydrogen) atoms. The monoisotopic (exact) mass is 450 g/mol. The van der Waals surface area contributed by atoms with Crippen molar-refractivity contribution in [2.45, 2.75) is 24.6 Å². The van der Waals surface area contributed by atoms with Gasteiger partial charge >= 0.3 is 0 Å². The van der Waals surface area contributed by atoms with Crippen LogP contribution >= 0.6 is 11.8 Å². The zero-order valence-electron chi connectivity index (χ0n) is 17.5. The number of aryl methyl sites for hydroxylation is 1. The van der Waals surface area contributed by atoms with Crippen LogP contribution in [-0.4, -0.2) is 20.7 Å². The fourth-order valence-corrected chi connectivity index (χ4v) is 4.19. The van der Waals surface area contributed by atoms with Crippen molar-refractivity contribution in [1.82, 2.24) is 14.8 Å². The number of aromatic nitrogens is 3. The molecule has 5 nitrogen and oxygen atoms in total. The van der Waals surface area contributed by atoms with Crippen LogP contribution in [0.3, 0.4) is 0 Å². The summed E-state index contributed by atoms with van der Waals surface area (Å²) in [4.78, 5) is 17.3. The zero-order chi connectivity index (χ0) is 22.7. The van der Waals surface area contributed by atoms with Gasteiger partial charge in [-0.25, -0.2) is 18.4 Å². The lowest BCUT2D eigenvalue weighted by atomic mass is 10.1. The van der Waals surface area contributed by atoms with E-state index in [9.17, 15) is 13.6 Å². The van der Waals surface area contributed by atoms with Crippen molar-refractivity contribution in [2.75, 3.05) is 5.32 Å². The lowest BCUT2D eigenvalue weighted by Gasteiger charge is -2.09. The highest BCUT2D eigenvalue weighted by Crippen LogP contribution is 2.24. The van der Waals surface area contributed by atoms with Crippen molar-refractivity contribution in [1.29, 1.82) is 0 Å². The number of nitrogens with zero attached hydrogens (tertiary/aromatic N) is 3. The van der Waals surface area contributed by atoms with E-state index in [1.807, 2.05) is 42.5 Å². The van der Waals surface area contributed by atoms with Crippen LogP contribution in [0.2, 0.25) is 0 Å². The molecule has 0 saturated carbocycles. The van der Waals surface area contributed by atoms with E-state index in [0.717, 1.165) is 22.7 Å². The molecular formula is C24H20F2N4OS. The Morgan fingerprint density at radius 1 is 1.06 bits per heavy atom. The fourth-order valence-electron chi connectivity index (χ4n) is 3.38. The van der Waals surface area contributed by atoms with Crippen molar-refractivity contribution in [2.24, 2.45) is 0 Å². The molecule has 4 rings (SSSR count). The second-order valence-electron chi connectivity index (χ2n) is 7.16. The number of hydrogen-bond donors (Lipinski definition) is 1. The maximum Gasteiger partial charge on any atom is 0.259 e. The molecule has 0 aliphatic rings. The Balaban J connectivity index is 1.52. The molecule has 162 valence electrons. The highest BCUT2D eigenvalue weighted by molar-refractivity contribution is 7.98. The number of anilines is 1. The maximum absolute atomic E-state index is 14.2. The largest absolute Gasteiger partial charge is 0.322 e. The lowest BCUT2D eigenvalue weighted by molar-refractivity contribution is 0.102. The Morgan fingerprint density at radius 3 is 2.66 bits per heavy atom. The molecular weight excluding hydrogens is 430 g/mol. The van der Waals surface area contributed by atoms with Crippen LogP contribution in [0, 0.1) is 25.5 Å². The molecule has 2 aromatic carbocycles. The van der Waals surface area contributed by atoms with Gasteiger partial charge in [-0.3, -0.25) is 4.79 Å². The normalized spacial score (nSPS) is 10.9. The average Bonchev–Trinajstić information content (AvgIpc) is 3.07. The molecule has 8 heteroatoms. The number of pyridine rings is 1. The van der Waals surface area contributed by atoms with E-state index in [4.69, 9.17) is 0 Å². The SMILES string of the molecule is Cc1nn(-c2ccc(F)cc2F)c(C)c1C(=O)Nc1cccc(CSc2ccccn2)c1. The van der Waals surface area contributed by atoms with Gasteiger partial charge in [0.05, 0.1) is 22.0 Å². The number of nitrogens with one attached hydrogen (secondary N) is 1. The number of halogens is 2. The maximum atomic E-state index is 14.2. The topological polar surface area (TPSA) is 59.8 Å². The first kappa shape index (κ1) is 21.7. The van der Waals surface area contributed by atoms with Crippen molar-refractivity contribution in [3.63, 3.8) is 0 Å². The van der Waals surface area contributed by atoms with Crippen LogP contribution in [0.1, 0.15) is 27.3 Å². The highest BCUT2D eigenvalue weighted by Gasteiger charge is 2.21. The van der Waals surface area contributed by atoms with Gasteiger partial charge in [0, 0.05) is 23.7 Å². The first-order chi connectivity index (χ1) is 15.4. The summed E-state index contributed by atoms with van der Waals surface area (Å²) in [5, 5.41) is 8.12. The van der Waals surface area contributed by atoms with Crippen molar-refractivity contribution >= 4 is 23.4 Å². The number of carbonyl (C=O) groups excluding carboxylic acids is 1. The Kier molecular flexibility index (Phi) is 6.32. The minimum atomic E-state index is -0.749. The molecule has 0 fully saturated rings. The van der Waals surface area contributed by atoms with Crippen LogP contribution in [-0.2, 0) is 5.75 Å². The van der Waals surface area contributed by atoms with E-state index >= 15 is 0 Å². The van der Waals surface area contributed by atoms with Gasteiger partial charge in [-0.2, -0.15) is 5.10 Å². The zero-order valence-corrected chi connectivity index (χ0v) is 18.3. The predicted octanol–water partition coefficient (Wildman–Crippen LogP) is 5.71. The number of hydrogen-bond acceptors (Lipinski definition) is 4. The molecule has 0 unspecified atom stereocenters. The van der Waals surface area contributed by atoms with Crippen LogP contribution in [0.25, 0.3) is 5.69 Å². The second kappa shape index (κ2) is 9.32. The van der Waals surface area contributed by atoms with Gasteiger partial charge in [-0.05, 0) is 55.8 Å². The number of amides is 1. The molecule has 0 saturated heterocycles. The summed E-state index contributed by atoms with van der Waals surface area (Å²) in [6.45, 7) is 3.36. The standard InChI is InChI=1S/C24H20F2N4OS/c1-15-23(16(2)30(29-15)21-10-9-18(25)13-20(21)26)24(31)28-19-7-5-6-17(12-19)14-32-22-8-3-4-11-27-22/h3-13H,14H2,1-2H3,(H,28,31). The van der Waals surface area contributed by atoms with Crippen LogP contribution < -0.4 is 5.32 Å².